The fourth-order valence-corrected chi connectivity index (χ4v) is 5.35. The quantitative estimate of drug-likeness (QED) is 0.679. The average Bonchev–Trinajstić information content (AvgIpc) is 2.50. The first-order valence-electron chi connectivity index (χ1n) is 9.02. The van der Waals surface area contributed by atoms with E-state index in [2.05, 4.69) is 27.4 Å². The molecule has 3 N–H and O–H groups in total. The van der Waals surface area contributed by atoms with Crippen LogP contribution in [0.4, 0.5) is 0 Å². The SMILES string of the molecule is C=C1[C@H](O)C[C@H]2[C@@](C)(CO)CCC[C@]2(C)[C@H]1CC/C(C)=C/CO. The minimum Gasteiger partial charge on any atom is -0.396 e. The van der Waals surface area contributed by atoms with Gasteiger partial charge in [-0.25, -0.2) is 0 Å². The Bertz CT molecular complexity index is 470. The standard InChI is InChI=1S/C20H34O3/c1-14(8-11-21)6-7-16-15(2)17(23)12-18-19(3,13-22)9-5-10-20(16,18)4/h8,16-18,21-23H,2,5-7,9-13H2,1,3-4H3/b14-8+/t16-,17+,18-,19+,20+/m0/s1. The molecule has 0 spiro atoms. The Hall–Kier alpha value is -0.640. The van der Waals surface area contributed by atoms with Gasteiger partial charge in [-0.3, -0.25) is 0 Å². The van der Waals surface area contributed by atoms with Crippen molar-refractivity contribution in [2.45, 2.75) is 65.4 Å². The van der Waals surface area contributed by atoms with Crippen molar-refractivity contribution in [2.24, 2.45) is 22.7 Å². The van der Waals surface area contributed by atoms with Crippen LogP contribution >= 0.6 is 0 Å². The van der Waals surface area contributed by atoms with Crippen LogP contribution in [-0.2, 0) is 0 Å². The Morgan fingerprint density at radius 2 is 2.00 bits per heavy atom. The number of allylic oxidation sites excluding steroid dienone is 1. The summed E-state index contributed by atoms with van der Waals surface area (Å²) in [7, 11) is 0. The average molecular weight is 322 g/mol. The molecule has 0 aromatic carbocycles. The molecule has 0 bridgehead atoms. The van der Waals surface area contributed by atoms with E-state index in [1.54, 1.807) is 0 Å². The second-order valence-corrected chi connectivity index (χ2v) is 8.37. The Morgan fingerprint density at radius 3 is 2.61 bits per heavy atom. The van der Waals surface area contributed by atoms with Gasteiger partial charge in [0.05, 0.1) is 12.7 Å². The number of fused-ring (bicyclic) bond motifs is 1. The van der Waals surface area contributed by atoms with E-state index < -0.39 is 6.10 Å². The molecule has 2 fully saturated rings. The zero-order valence-corrected chi connectivity index (χ0v) is 15.0. The molecule has 3 nitrogen and oxygen atoms in total. The van der Waals surface area contributed by atoms with Crippen LogP contribution in [0.15, 0.2) is 23.8 Å². The lowest BCUT2D eigenvalue weighted by atomic mass is 9.46. The van der Waals surface area contributed by atoms with Gasteiger partial charge in [-0.05, 0) is 67.3 Å². The van der Waals surface area contributed by atoms with Crippen LogP contribution in [0.1, 0.15) is 59.3 Å². The molecule has 0 aromatic heterocycles. The highest BCUT2D eigenvalue weighted by Crippen LogP contribution is 2.61. The number of aliphatic hydroxyl groups is 3. The molecule has 2 aliphatic carbocycles. The number of hydrogen-bond acceptors (Lipinski definition) is 3. The van der Waals surface area contributed by atoms with E-state index in [0.29, 0.717) is 5.92 Å². The molecule has 2 rings (SSSR count). The van der Waals surface area contributed by atoms with Crippen LogP contribution in [0.5, 0.6) is 0 Å². The Labute approximate surface area is 141 Å². The van der Waals surface area contributed by atoms with Crippen LogP contribution in [0.25, 0.3) is 0 Å². The number of rotatable bonds is 5. The van der Waals surface area contributed by atoms with E-state index >= 15 is 0 Å². The lowest BCUT2D eigenvalue weighted by molar-refractivity contribution is -0.108. The largest absolute Gasteiger partial charge is 0.396 e. The van der Waals surface area contributed by atoms with Crippen molar-refractivity contribution in [3.05, 3.63) is 23.8 Å². The third kappa shape index (κ3) is 3.42. The second-order valence-electron chi connectivity index (χ2n) is 8.37. The van der Waals surface area contributed by atoms with Crippen molar-refractivity contribution >= 4 is 0 Å². The van der Waals surface area contributed by atoms with E-state index in [-0.39, 0.29) is 30.0 Å². The van der Waals surface area contributed by atoms with Gasteiger partial charge in [0.25, 0.3) is 0 Å². The number of aliphatic hydroxyl groups excluding tert-OH is 3. The molecule has 0 amide bonds. The second kappa shape index (κ2) is 7.08. The minimum atomic E-state index is -0.454. The molecule has 0 aromatic rings. The fourth-order valence-electron chi connectivity index (χ4n) is 5.35. The summed E-state index contributed by atoms with van der Waals surface area (Å²) in [6.07, 6.45) is 7.35. The first-order chi connectivity index (χ1) is 10.8. The van der Waals surface area contributed by atoms with Gasteiger partial charge in [-0.1, -0.05) is 38.5 Å². The van der Waals surface area contributed by atoms with Gasteiger partial charge in [0.1, 0.15) is 0 Å². The molecule has 0 saturated heterocycles. The predicted octanol–water partition coefficient (Wildman–Crippen LogP) is 3.45. The van der Waals surface area contributed by atoms with E-state index in [9.17, 15) is 10.2 Å². The molecule has 0 radical (unpaired) electrons. The molecule has 0 unspecified atom stereocenters. The van der Waals surface area contributed by atoms with Crippen molar-refractivity contribution in [3.8, 4) is 0 Å². The highest BCUT2D eigenvalue weighted by molar-refractivity contribution is 5.21. The maximum absolute atomic E-state index is 10.6. The van der Waals surface area contributed by atoms with Gasteiger partial charge in [-0.2, -0.15) is 0 Å². The van der Waals surface area contributed by atoms with E-state index in [4.69, 9.17) is 5.11 Å². The van der Waals surface area contributed by atoms with Gasteiger partial charge < -0.3 is 15.3 Å². The summed E-state index contributed by atoms with van der Waals surface area (Å²) in [4.78, 5) is 0. The van der Waals surface area contributed by atoms with Gasteiger partial charge in [0, 0.05) is 6.61 Å². The van der Waals surface area contributed by atoms with Crippen LogP contribution in [0.2, 0.25) is 0 Å². The van der Waals surface area contributed by atoms with Crippen molar-refractivity contribution in [3.63, 3.8) is 0 Å². The first kappa shape index (κ1) is 18.7. The fraction of sp³-hybridized carbons (Fsp3) is 0.800. The zero-order chi connectivity index (χ0) is 17.3. The summed E-state index contributed by atoms with van der Waals surface area (Å²) in [5, 5.41) is 29.6. The molecule has 2 saturated carbocycles. The Morgan fingerprint density at radius 1 is 1.30 bits per heavy atom. The summed E-state index contributed by atoms with van der Waals surface area (Å²) in [5.41, 5.74) is 2.18. The normalized spacial score (nSPS) is 41.7. The van der Waals surface area contributed by atoms with E-state index in [0.717, 1.165) is 44.1 Å². The third-order valence-electron chi connectivity index (χ3n) is 6.86. The first-order valence-corrected chi connectivity index (χ1v) is 9.02. The van der Waals surface area contributed by atoms with Gasteiger partial charge in [0.2, 0.25) is 0 Å². The summed E-state index contributed by atoms with van der Waals surface area (Å²) in [5.74, 6) is 0.617. The van der Waals surface area contributed by atoms with Crippen molar-refractivity contribution in [2.75, 3.05) is 13.2 Å². The van der Waals surface area contributed by atoms with Crippen LogP contribution in [0, 0.1) is 22.7 Å². The van der Waals surface area contributed by atoms with Crippen LogP contribution < -0.4 is 0 Å². The molecule has 0 heterocycles. The summed E-state index contributed by atoms with van der Waals surface area (Å²) >= 11 is 0. The van der Waals surface area contributed by atoms with E-state index in [1.807, 2.05) is 6.08 Å². The summed E-state index contributed by atoms with van der Waals surface area (Å²) in [6.45, 7) is 11.1. The molecule has 132 valence electrons. The molecule has 3 heteroatoms. The van der Waals surface area contributed by atoms with Gasteiger partial charge >= 0.3 is 0 Å². The topological polar surface area (TPSA) is 60.7 Å². The van der Waals surface area contributed by atoms with Crippen LogP contribution in [0.3, 0.4) is 0 Å². The van der Waals surface area contributed by atoms with Gasteiger partial charge in [0.15, 0.2) is 0 Å². The maximum Gasteiger partial charge on any atom is 0.0753 e. The summed E-state index contributed by atoms with van der Waals surface area (Å²) < 4.78 is 0. The number of hydrogen-bond donors (Lipinski definition) is 3. The molecular weight excluding hydrogens is 288 g/mol. The molecular formula is C20H34O3. The lowest BCUT2D eigenvalue weighted by Gasteiger charge is -2.59. The summed E-state index contributed by atoms with van der Waals surface area (Å²) in [6, 6.07) is 0. The Balaban J connectivity index is 2.27. The van der Waals surface area contributed by atoms with Crippen molar-refractivity contribution < 1.29 is 15.3 Å². The van der Waals surface area contributed by atoms with Gasteiger partial charge in [-0.15, -0.1) is 0 Å². The molecule has 23 heavy (non-hydrogen) atoms. The molecule has 2 aliphatic rings. The van der Waals surface area contributed by atoms with Crippen molar-refractivity contribution in [1.29, 1.82) is 0 Å². The smallest absolute Gasteiger partial charge is 0.0753 e. The molecule has 0 aliphatic heterocycles. The highest BCUT2D eigenvalue weighted by Gasteiger charge is 2.56. The maximum atomic E-state index is 10.6. The third-order valence-corrected chi connectivity index (χ3v) is 6.86. The van der Waals surface area contributed by atoms with E-state index in [1.165, 1.54) is 5.57 Å². The monoisotopic (exact) mass is 322 g/mol. The lowest BCUT2D eigenvalue weighted by Crippen LogP contribution is -2.54. The minimum absolute atomic E-state index is 0.0859. The van der Waals surface area contributed by atoms with Crippen LogP contribution in [-0.4, -0.2) is 34.6 Å². The predicted molar refractivity (Wildman–Crippen MR) is 94.0 cm³/mol. The molecule has 5 atom stereocenters. The zero-order valence-electron chi connectivity index (χ0n) is 15.0. The van der Waals surface area contributed by atoms with Crippen molar-refractivity contribution in [1.82, 2.24) is 0 Å². The Kier molecular flexibility index (Phi) is 5.76. The highest BCUT2D eigenvalue weighted by atomic mass is 16.3.